The van der Waals surface area contributed by atoms with Crippen LogP contribution in [0, 0.1) is 5.92 Å². The number of hydrogen-bond donors (Lipinski definition) is 1. The molecular weight excluding hydrogens is 202 g/mol. The summed E-state index contributed by atoms with van der Waals surface area (Å²) in [7, 11) is 0. The molecule has 1 aromatic heterocycles. The minimum absolute atomic E-state index is 0.930. The Balaban J connectivity index is 1.86. The Morgan fingerprint density at radius 1 is 1.27 bits per heavy atom. The summed E-state index contributed by atoms with van der Waals surface area (Å²) in [6.07, 6.45) is 6.57. The van der Waals surface area contributed by atoms with Gasteiger partial charge < -0.3 is 5.32 Å². The molecule has 2 heterocycles. The van der Waals surface area contributed by atoms with E-state index in [-0.39, 0.29) is 0 Å². The van der Waals surface area contributed by atoms with Gasteiger partial charge in [-0.05, 0) is 56.8 Å². The van der Waals surface area contributed by atoms with Crippen molar-refractivity contribution in [2.45, 2.75) is 39.0 Å². The third kappa shape index (κ3) is 3.32. The van der Waals surface area contributed by atoms with Crippen molar-refractivity contribution in [3.8, 4) is 0 Å². The van der Waals surface area contributed by atoms with E-state index in [4.69, 9.17) is 0 Å². The number of thiophene rings is 1. The van der Waals surface area contributed by atoms with E-state index in [1.807, 2.05) is 11.3 Å². The molecule has 1 aliphatic rings. The number of nitrogens with one attached hydrogen (secondary N) is 1. The first kappa shape index (κ1) is 11.2. The van der Waals surface area contributed by atoms with Crippen LogP contribution in [-0.4, -0.2) is 13.1 Å². The first-order valence-corrected chi connectivity index (χ1v) is 6.98. The quantitative estimate of drug-likeness (QED) is 0.826. The van der Waals surface area contributed by atoms with Gasteiger partial charge in [0.05, 0.1) is 0 Å². The smallest absolute Gasteiger partial charge is 0.00509 e. The van der Waals surface area contributed by atoms with Crippen molar-refractivity contribution in [1.82, 2.24) is 5.32 Å². The summed E-state index contributed by atoms with van der Waals surface area (Å²) in [4.78, 5) is 3.17. The normalized spacial score (nSPS) is 18.2. The van der Waals surface area contributed by atoms with Gasteiger partial charge in [-0.25, -0.2) is 0 Å². The summed E-state index contributed by atoms with van der Waals surface area (Å²) in [5, 5.41) is 3.43. The van der Waals surface area contributed by atoms with E-state index in [2.05, 4.69) is 24.4 Å². The highest BCUT2D eigenvalue weighted by atomic mass is 32.1. The van der Waals surface area contributed by atoms with Gasteiger partial charge >= 0.3 is 0 Å². The molecule has 0 spiro atoms. The highest BCUT2D eigenvalue weighted by molar-refractivity contribution is 7.11. The third-order valence-electron chi connectivity index (χ3n) is 3.16. The molecule has 2 heteroatoms. The van der Waals surface area contributed by atoms with Crippen LogP contribution >= 0.6 is 11.3 Å². The predicted octanol–water partition coefficient (Wildman–Crippen LogP) is 3.24. The first-order chi connectivity index (χ1) is 7.38. The second kappa shape index (κ2) is 5.66. The molecule has 1 nitrogen and oxygen atoms in total. The molecule has 1 aliphatic heterocycles. The van der Waals surface area contributed by atoms with E-state index >= 15 is 0 Å². The average molecular weight is 223 g/mol. The molecule has 2 rings (SSSR count). The van der Waals surface area contributed by atoms with E-state index < -0.39 is 0 Å². The molecule has 1 aromatic rings. The van der Waals surface area contributed by atoms with Gasteiger partial charge in [0, 0.05) is 9.75 Å². The lowest BCUT2D eigenvalue weighted by Crippen LogP contribution is -2.28. The van der Waals surface area contributed by atoms with Crippen LogP contribution < -0.4 is 5.32 Å². The summed E-state index contributed by atoms with van der Waals surface area (Å²) in [6.45, 7) is 4.70. The Kier molecular flexibility index (Phi) is 4.21. The molecule has 0 saturated carbocycles. The first-order valence-electron chi connectivity index (χ1n) is 6.16. The zero-order chi connectivity index (χ0) is 10.5. The number of rotatable bonds is 4. The molecule has 0 atom stereocenters. The predicted molar refractivity (Wildman–Crippen MR) is 67.6 cm³/mol. The molecule has 0 bridgehead atoms. The zero-order valence-electron chi connectivity index (χ0n) is 9.59. The molecule has 1 saturated heterocycles. The van der Waals surface area contributed by atoms with E-state index in [0.717, 1.165) is 5.92 Å². The van der Waals surface area contributed by atoms with Crippen molar-refractivity contribution in [2.75, 3.05) is 13.1 Å². The number of piperidine rings is 1. The maximum atomic E-state index is 3.43. The van der Waals surface area contributed by atoms with Crippen molar-refractivity contribution in [3.05, 3.63) is 21.9 Å². The largest absolute Gasteiger partial charge is 0.317 e. The van der Waals surface area contributed by atoms with E-state index in [9.17, 15) is 0 Å². The lowest BCUT2D eigenvalue weighted by atomic mass is 9.94. The Morgan fingerprint density at radius 2 is 2.00 bits per heavy atom. The van der Waals surface area contributed by atoms with Crippen LogP contribution in [0.15, 0.2) is 12.1 Å². The van der Waals surface area contributed by atoms with Gasteiger partial charge in [-0.2, -0.15) is 0 Å². The average Bonchev–Trinajstić information content (AvgIpc) is 2.68. The van der Waals surface area contributed by atoms with Gasteiger partial charge in [0.2, 0.25) is 0 Å². The van der Waals surface area contributed by atoms with Crippen LogP contribution in [0.1, 0.15) is 35.9 Å². The lowest BCUT2D eigenvalue weighted by molar-refractivity contribution is 0.374. The van der Waals surface area contributed by atoms with Crippen molar-refractivity contribution in [3.63, 3.8) is 0 Å². The van der Waals surface area contributed by atoms with Crippen LogP contribution in [0.2, 0.25) is 0 Å². The molecule has 1 fully saturated rings. The summed E-state index contributed by atoms with van der Waals surface area (Å²) >= 11 is 2.03. The zero-order valence-corrected chi connectivity index (χ0v) is 10.4. The Morgan fingerprint density at radius 3 is 2.73 bits per heavy atom. The highest BCUT2D eigenvalue weighted by Crippen LogP contribution is 2.24. The minimum Gasteiger partial charge on any atom is -0.317 e. The van der Waals surface area contributed by atoms with Crippen LogP contribution in [-0.2, 0) is 12.8 Å². The Hall–Kier alpha value is -0.340. The molecule has 0 aromatic carbocycles. The lowest BCUT2D eigenvalue weighted by Gasteiger charge is -2.21. The van der Waals surface area contributed by atoms with Crippen LogP contribution in [0.5, 0.6) is 0 Å². The molecule has 1 N–H and O–H groups in total. The monoisotopic (exact) mass is 223 g/mol. The number of hydrogen-bond acceptors (Lipinski definition) is 2. The molecule has 15 heavy (non-hydrogen) atoms. The van der Waals surface area contributed by atoms with E-state index in [0.29, 0.717) is 0 Å². The Bertz CT molecular complexity index is 286. The topological polar surface area (TPSA) is 12.0 Å². The van der Waals surface area contributed by atoms with Gasteiger partial charge in [0.1, 0.15) is 0 Å². The fraction of sp³-hybridized carbons (Fsp3) is 0.692. The van der Waals surface area contributed by atoms with Gasteiger partial charge in [0.15, 0.2) is 0 Å². The summed E-state index contributed by atoms with van der Waals surface area (Å²) in [6, 6.07) is 4.67. The fourth-order valence-corrected chi connectivity index (χ4v) is 3.52. The van der Waals surface area contributed by atoms with Crippen molar-refractivity contribution >= 4 is 11.3 Å². The third-order valence-corrected chi connectivity index (χ3v) is 4.33. The highest BCUT2D eigenvalue weighted by Gasteiger charge is 2.14. The Labute approximate surface area is 96.9 Å². The second-order valence-electron chi connectivity index (χ2n) is 4.52. The molecular formula is C13H21NS. The van der Waals surface area contributed by atoms with E-state index in [1.54, 1.807) is 9.75 Å². The van der Waals surface area contributed by atoms with Crippen LogP contribution in [0.3, 0.4) is 0 Å². The maximum absolute atomic E-state index is 3.43. The summed E-state index contributed by atoms with van der Waals surface area (Å²) in [5.74, 6) is 0.930. The van der Waals surface area contributed by atoms with Gasteiger partial charge in [-0.15, -0.1) is 11.3 Å². The standard InChI is InChI=1S/C13H21NS/c1-2-3-12-4-5-13(15-12)10-11-6-8-14-9-7-11/h4-5,11,14H,2-3,6-10H2,1H3. The van der Waals surface area contributed by atoms with Gasteiger partial charge in [0.25, 0.3) is 0 Å². The number of aryl methyl sites for hydroxylation is 1. The van der Waals surface area contributed by atoms with Crippen molar-refractivity contribution in [2.24, 2.45) is 5.92 Å². The van der Waals surface area contributed by atoms with Crippen LogP contribution in [0.25, 0.3) is 0 Å². The maximum Gasteiger partial charge on any atom is 0.00509 e. The molecule has 0 unspecified atom stereocenters. The molecule has 0 aliphatic carbocycles. The minimum atomic E-state index is 0.930. The van der Waals surface area contributed by atoms with Crippen molar-refractivity contribution < 1.29 is 0 Å². The molecule has 0 radical (unpaired) electrons. The summed E-state index contributed by atoms with van der Waals surface area (Å²) in [5.41, 5.74) is 0. The summed E-state index contributed by atoms with van der Waals surface area (Å²) < 4.78 is 0. The fourth-order valence-electron chi connectivity index (χ4n) is 2.28. The second-order valence-corrected chi connectivity index (χ2v) is 5.77. The van der Waals surface area contributed by atoms with Gasteiger partial charge in [-0.1, -0.05) is 13.3 Å². The van der Waals surface area contributed by atoms with Crippen molar-refractivity contribution in [1.29, 1.82) is 0 Å². The van der Waals surface area contributed by atoms with Crippen LogP contribution in [0.4, 0.5) is 0 Å². The van der Waals surface area contributed by atoms with Gasteiger partial charge in [-0.3, -0.25) is 0 Å². The molecule has 84 valence electrons. The molecule has 0 amide bonds. The SMILES string of the molecule is CCCc1ccc(CC2CCNCC2)s1. The van der Waals surface area contributed by atoms with E-state index in [1.165, 1.54) is 45.2 Å².